The quantitative estimate of drug-likeness (QED) is 0.691. The lowest BCUT2D eigenvalue weighted by atomic mass is 10.1. The van der Waals surface area contributed by atoms with Gasteiger partial charge in [0.1, 0.15) is 11.5 Å². The van der Waals surface area contributed by atoms with Crippen LogP contribution in [-0.2, 0) is 4.79 Å². The molecule has 0 unspecified atom stereocenters. The standard InChI is InChI=1S/C16H10Cl2N6O2/c1-8-11(15(25)24(21-8)16-19-22-23-20-16)7-10-3-5-14(26-10)9-2-4-12(17)13(18)6-9/h2-7H,1H3,(H,19,20,22,23). The summed E-state index contributed by atoms with van der Waals surface area (Å²) >= 11 is 12.0. The third-order valence-corrected chi connectivity index (χ3v) is 4.44. The Labute approximate surface area is 157 Å². The molecule has 0 saturated heterocycles. The van der Waals surface area contributed by atoms with Gasteiger partial charge in [-0.05, 0) is 48.5 Å². The molecule has 10 heteroatoms. The number of furan rings is 1. The number of aromatic amines is 1. The van der Waals surface area contributed by atoms with Crippen LogP contribution in [0.3, 0.4) is 0 Å². The number of tetrazole rings is 1. The fourth-order valence-electron chi connectivity index (χ4n) is 2.44. The first-order chi connectivity index (χ1) is 12.5. The number of aromatic nitrogens is 4. The van der Waals surface area contributed by atoms with E-state index in [2.05, 4.69) is 25.7 Å². The number of carbonyl (C=O) groups is 1. The summed E-state index contributed by atoms with van der Waals surface area (Å²) in [5.74, 6) is 0.814. The SMILES string of the molecule is CC1=NN(c2nn[nH]n2)C(=O)C1=Cc1ccc(-c2ccc(Cl)c(Cl)c2)o1. The average Bonchev–Trinajstić information content (AvgIpc) is 3.35. The highest BCUT2D eigenvalue weighted by molar-refractivity contribution is 6.42. The summed E-state index contributed by atoms with van der Waals surface area (Å²) in [6.45, 7) is 1.71. The lowest BCUT2D eigenvalue weighted by Crippen LogP contribution is -2.22. The summed E-state index contributed by atoms with van der Waals surface area (Å²) in [6, 6.07) is 8.75. The van der Waals surface area contributed by atoms with E-state index in [-0.39, 0.29) is 11.9 Å². The van der Waals surface area contributed by atoms with Crippen molar-refractivity contribution in [1.29, 1.82) is 0 Å². The van der Waals surface area contributed by atoms with Gasteiger partial charge in [0.05, 0.1) is 21.3 Å². The van der Waals surface area contributed by atoms with Crippen molar-refractivity contribution in [2.75, 3.05) is 5.01 Å². The van der Waals surface area contributed by atoms with Crippen molar-refractivity contribution in [1.82, 2.24) is 20.6 Å². The molecule has 0 radical (unpaired) electrons. The van der Waals surface area contributed by atoms with Crippen molar-refractivity contribution < 1.29 is 9.21 Å². The third-order valence-electron chi connectivity index (χ3n) is 3.70. The largest absolute Gasteiger partial charge is 0.457 e. The van der Waals surface area contributed by atoms with Gasteiger partial charge in [0.2, 0.25) is 0 Å². The molecule has 1 aliphatic heterocycles. The first-order valence-corrected chi connectivity index (χ1v) is 8.19. The van der Waals surface area contributed by atoms with Gasteiger partial charge in [0, 0.05) is 5.56 Å². The van der Waals surface area contributed by atoms with E-state index in [1.807, 2.05) is 0 Å². The lowest BCUT2D eigenvalue weighted by Gasteiger charge is -2.04. The molecule has 8 nitrogen and oxygen atoms in total. The fourth-order valence-corrected chi connectivity index (χ4v) is 2.74. The van der Waals surface area contributed by atoms with E-state index in [0.717, 1.165) is 10.6 Å². The maximum Gasteiger partial charge on any atom is 0.293 e. The van der Waals surface area contributed by atoms with Crippen LogP contribution in [0.4, 0.5) is 5.95 Å². The summed E-state index contributed by atoms with van der Waals surface area (Å²) in [6.07, 6.45) is 1.61. The Morgan fingerprint density at radius 1 is 1.19 bits per heavy atom. The van der Waals surface area contributed by atoms with E-state index in [9.17, 15) is 4.79 Å². The second-order valence-corrected chi connectivity index (χ2v) is 6.22. The topological polar surface area (TPSA) is 100 Å². The van der Waals surface area contributed by atoms with Crippen LogP contribution in [0.25, 0.3) is 17.4 Å². The number of benzene rings is 1. The van der Waals surface area contributed by atoms with E-state index < -0.39 is 0 Å². The number of H-pyrrole nitrogens is 1. The predicted molar refractivity (Wildman–Crippen MR) is 96.9 cm³/mol. The zero-order valence-electron chi connectivity index (χ0n) is 13.3. The van der Waals surface area contributed by atoms with Crippen molar-refractivity contribution >= 4 is 46.8 Å². The fraction of sp³-hybridized carbons (Fsp3) is 0.0625. The number of halogens is 2. The van der Waals surface area contributed by atoms with Gasteiger partial charge in [-0.25, -0.2) is 0 Å². The van der Waals surface area contributed by atoms with E-state index >= 15 is 0 Å². The first kappa shape index (κ1) is 16.5. The number of amides is 1. The Morgan fingerprint density at radius 3 is 2.77 bits per heavy atom. The van der Waals surface area contributed by atoms with Gasteiger partial charge in [0.25, 0.3) is 11.9 Å². The molecule has 0 fully saturated rings. The van der Waals surface area contributed by atoms with Crippen LogP contribution >= 0.6 is 23.2 Å². The smallest absolute Gasteiger partial charge is 0.293 e. The van der Waals surface area contributed by atoms with Crippen LogP contribution in [0.1, 0.15) is 12.7 Å². The number of carbonyl (C=O) groups excluding carboxylic acids is 1. The van der Waals surface area contributed by atoms with E-state index in [4.69, 9.17) is 27.6 Å². The Morgan fingerprint density at radius 2 is 2.04 bits per heavy atom. The molecular formula is C16H10Cl2N6O2. The molecule has 26 heavy (non-hydrogen) atoms. The molecule has 1 aliphatic rings. The number of anilines is 1. The van der Waals surface area contributed by atoms with Gasteiger partial charge < -0.3 is 4.42 Å². The molecule has 1 N–H and O–H groups in total. The Kier molecular flexibility index (Phi) is 4.06. The van der Waals surface area contributed by atoms with Crippen LogP contribution in [0.2, 0.25) is 10.0 Å². The Hall–Kier alpha value is -2.97. The second kappa shape index (κ2) is 6.40. The van der Waals surface area contributed by atoms with E-state index in [1.54, 1.807) is 43.3 Å². The van der Waals surface area contributed by atoms with Crippen molar-refractivity contribution in [3.63, 3.8) is 0 Å². The molecule has 2 aromatic heterocycles. The van der Waals surface area contributed by atoms with Crippen molar-refractivity contribution in [2.24, 2.45) is 5.10 Å². The molecule has 0 saturated carbocycles. The Balaban J connectivity index is 1.63. The summed E-state index contributed by atoms with van der Waals surface area (Å²) < 4.78 is 5.80. The molecule has 0 spiro atoms. The molecule has 4 rings (SSSR count). The predicted octanol–water partition coefficient (Wildman–Crippen LogP) is 3.57. The van der Waals surface area contributed by atoms with Crippen molar-refractivity contribution in [3.05, 3.63) is 51.7 Å². The van der Waals surface area contributed by atoms with Crippen LogP contribution in [-0.4, -0.2) is 32.2 Å². The maximum absolute atomic E-state index is 12.5. The van der Waals surface area contributed by atoms with Crippen LogP contribution in [0.15, 0.2) is 45.4 Å². The Bertz CT molecular complexity index is 1050. The number of rotatable bonds is 3. The lowest BCUT2D eigenvalue weighted by molar-refractivity contribution is -0.114. The highest BCUT2D eigenvalue weighted by Gasteiger charge is 2.31. The summed E-state index contributed by atoms with van der Waals surface area (Å²) in [5, 5.41) is 19.4. The third kappa shape index (κ3) is 2.89. The highest BCUT2D eigenvalue weighted by atomic mass is 35.5. The summed E-state index contributed by atoms with van der Waals surface area (Å²) in [5.41, 5.74) is 1.68. The zero-order valence-corrected chi connectivity index (χ0v) is 14.8. The van der Waals surface area contributed by atoms with Crippen LogP contribution in [0, 0.1) is 0 Å². The molecule has 130 valence electrons. The molecule has 3 aromatic rings. The average molecular weight is 389 g/mol. The van der Waals surface area contributed by atoms with Gasteiger partial charge in [-0.2, -0.15) is 15.3 Å². The molecular weight excluding hydrogens is 379 g/mol. The van der Waals surface area contributed by atoms with E-state index in [0.29, 0.717) is 32.9 Å². The molecule has 0 atom stereocenters. The normalized spacial score (nSPS) is 15.8. The second-order valence-electron chi connectivity index (χ2n) is 5.40. The minimum Gasteiger partial charge on any atom is -0.457 e. The minimum atomic E-state index is -0.364. The summed E-state index contributed by atoms with van der Waals surface area (Å²) in [7, 11) is 0. The molecule has 0 aliphatic carbocycles. The van der Waals surface area contributed by atoms with Crippen molar-refractivity contribution in [2.45, 2.75) is 6.92 Å². The van der Waals surface area contributed by atoms with Crippen LogP contribution in [0.5, 0.6) is 0 Å². The number of hydrogen-bond acceptors (Lipinski definition) is 6. The minimum absolute atomic E-state index is 0.0775. The first-order valence-electron chi connectivity index (χ1n) is 7.43. The summed E-state index contributed by atoms with van der Waals surface area (Å²) in [4.78, 5) is 12.5. The molecule has 1 aromatic carbocycles. The number of hydrogen-bond donors (Lipinski definition) is 1. The van der Waals surface area contributed by atoms with E-state index in [1.165, 1.54) is 0 Å². The highest BCUT2D eigenvalue weighted by Crippen LogP contribution is 2.30. The van der Waals surface area contributed by atoms with Crippen LogP contribution < -0.4 is 5.01 Å². The van der Waals surface area contributed by atoms with Gasteiger partial charge in [-0.1, -0.05) is 28.3 Å². The van der Waals surface area contributed by atoms with Gasteiger partial charge in [-0.3, -0.25) is 4.79 Å². The van der Waals surface area contributed by atoms with Gasteiger partial charge in [-0.15, -0.1) is 5.10 Å². The number of hydrazone groups is 1. The molecule has 0 bridgehead atoms. The maximum atomic E-state index is 12.5. The van der Waals surface area contributed by atoms with Crippen molar-refractivity contribution in [3.8, 4) is 11.3 Å². The monoisotopic (exact) mass is 388 g/mol. The van der Waals surface area contributed by atoms with Gasteiger partial charge in [0.15, 0.2) is 0 Å². The molecule has 1 amide bonds. The molecule has 3 heterocycles. The van der Waals surface area contributed by atoms with Gasteiger partial charge >= 0.3 is 0 Å². The zero-order chi connectivity index (χ0) is 18.3. The number of nitrogens with one attached hydrogen (secondary N) is 1. The number of nitrogens with zero attached hydrogens (tertiary/aromatic N) is 5.